The van der Waals surface area contributed by atoms with Gasteiger partial charge in [-0.2, -0.15) is 0 Å². The molecule has 1 atom stereocenters. The number of likely N-dealkylation sites (N-methyl/N-ethyl adjacent to an activating group) is 1. The van der Waals surface area contributed by atoms with E-state index in [1.165, 1.54) is 0 Å². The van der Waals surface area contributed by atoms with Crippen LogP contribution in [-0.2, 0) is 0 Å². The Labute approximate surface area is 153 Å². The molecule has 0 saturated heterocycles. The Morgan fingerprint density at radius 3 is 2.04 bits per heavy atom. The van der Waals surface area contributed by atoms with E-state index < -0.39 is 0 Å². The maximum absolute atomic E-state index is 12.8. The van der Waals surface area contributed by atoms with Crippen LogP contribution in [0.25, 0.3) is 0 Å². The quantitative estimate of drug-likeness (QED) is 0.825. The van der Waals surface area contributed by atoms with Crippen molar-refractivity contribution in [1.82, 2.24) is 10.2 Å². The number of nitrogens with one attached hydrogen (secondary N) is 1. The van der Waals surface area contributed by atoms with Crippen molar-refractivity contribution >= 4 is 29.1 Å². The van der Waals surface area contributed by atoms with Gasteiger partial charge in [-0.05, 0) is 45.6 Å². The molecule has 0 radical (unpaired) electrons. The first-order chi connectivity index (χ1) is 11.2. The fourth-order valence-corrected chi connectivity index (χ4v) is 3.06. The van der Waals surface area contributed by atoms with Crippen molar-refractivity contribution in [2.24, 2.45) is 0 Å². The van der Waals surface area contributed by atoms with Gasteiger partial charge in [-0.3, -0.25) is 4.79 Å². The van der Waals surface area contributed by atoms with E-state index in [1.807, 2.05) is 44.4 Å². The summed E-state index contributed by atoms with van der Waals surface area (Å²) < 4.78 is 0. The minimum Gasteiger partial charge on any atom is -0.343 e. The van der Waals surface area contributed by atoms with E-state index in [0.29, 0.717) is 15.6 Å². The smallest absolute Gasteiger partial charge is 0.254 e. The van der Waals surface area contributed by atoms with Crippen LogP contribution in [0.15, 0.2) is 48.5 Å². The van der Waals surface area contributed by atoms with Gasteiger partial charge in [0.05, 0.1) is 21.7 Å². The number of carbonyl (C=O) groups is 1. The average molecular weight is 365 g/mol. The van der Waals surface area contributed by atoms with Gasteiger partial charge in [-0.25, -0.2) is 0 Å². The van der Waals surface area contributed by atoms with E-state index >= 15 is 0 Å². The molecule has 0 bridgehead atoms. The van der Waals surface area contributed by atoms with Crippen LogP contribution in [0.3, 0.4) is 0 Å². The van der Waals surface area contributed by atoms with Gasteiger partial charge in [0.15, 0.2) is 0 Å². The molecule has 1 unspecified atom stereocenters. The van der Waals surface area contributed by atoms with Crippen molar-refractivity contribution in [3.63, 3.8) is 0 Å². The number of nitrogens with zero attached hydrogens (tertiary/aromatic N) is 1. The summed E-state index contributed by atoms with van der Waals surface area (Å²) in [5, 5.41) is 3.79. The monoisotopic (exact) mass is 364 g/mol. The second kappa shape index (κ2) is 7.56. The highest BCUT2D eigenvalue weighted by atomic mass is 35.5. The molecule has 128 valence electrons. The van der Waals surface area contributed by atoms with Crippen LogP contribution in [-0.4, -0.2) is 30.4 Å². The fraction of sp³-hybridized carbons (Fsp3) is 0.316. The normalized spacial score (nSPS) is 13.0. The molecule has 0 spiro atoms. The molecular formula is C19H22Cl2N2O. The first kappa shape index (κ1) is 18.8. The van der Waals surface area contributed by atoms with Crippen LogP contribution in [0.5, 0.6) is 0 Å². The Morgan fingerprint density at radius 2 is 1.54 bits per heavy atom. The summed E-state index contributed by atoms with van der Waals surface area (Å²) in [6, 6.07) is 14.7. The number of amides is 1. The number of rotatable bonds is 5. The van der Waals surface area contributed by atoms with Gasteiger partial charge >= 0.3 is 0 Å². The zero-order valence-electron chi connectivity index (χ0n) is 14.3. The Bertz CT molecular complexity index is 694. The first-order valence-electron chi connectivity index (χ1n) is 7.72. The molecule has 5 heteroatoms. The van der Waals surface area contributed by atoms with Crippen molar-refractivity contribution in [2.45, 2.75) is 25.4 Å². The summed E-state index contributed by atoms with van der Waals surface area (Å²) >= 11 is 12.3. The predicted molar refractivity (Wildman–Crippen MR) is 101 cm³/mol. The third kappa shape index (κ3) is 3.92. The minimum atomic E-state index is -0.315. The maximum Gasteiger partial charge on any atom is 0.254 e. The maximum atomic E-state index is 12.8. The molecule has 0 aliphatic heterocycles. The average Bonchev–Trinajstić information content (AvgIpc) is 2.53. The summed E-state index contributed by atoms with van der Waals surface area (Å²) in [6.45, 7) is 4.16. The third-order valence-corrected chi connectivity index (χ3v) is 5.09. The van der Waals surface area contributed by atoms with E-state index in [2.05, 4.69) is 24.1 Å². The molecule has 1 N–H and O–H groups in total. The summed E-state index contributed by atoms with van der Waals surface area (Å²) in [5.74, 6) is -0.283. The molecule has 2 aromatic carbocycles. The highest BCUT2D eigenvalue weighted by Gasteiger charge is 2.34. The summed E-state index contributed by atoms with van der Waals surface area (Å²) in [6.07, 6.45) is 0. The summed E-state index contributed by atoms with van der Waals surface area (Å²) in [7, 11) is 3.98. The molecule has 0 aliphatic carbocycles. The van der Waals surface area contributed by atoms with Crippen molar-refractivity contribution in [2.75, 3.05) is 14.1 Å². The Kier molecular flexibility index (Phi) is 5.92. The van der Waals surface area contributed by atoms with Crippen LogP contribution >= 0.6 is 23.2 Å². The van der Waals surface area contributed by atoms with Gasteiger partial charge in [0.2, 0.25) is 0 Å². The van der Waals surface area contributed by atoms with Crippen molar-refractivity contribution in [1.29, 1.82) is 0 Å². The molecular weight excluding hydrogens is 343 g/mol. The largest absolute Gasteiger partial charge is 0.343 e. The SMILES string of the molecule is CN(C)C(C)(C)C(NC(=O)c1c(Cl)cccc1Cl)c1ccccc1. The Balaban J connectivity index is 2.41. The molecule has 3 nitrogen and oxygen atoms in total. The zero-order valence-corrected chi connectivity index (χ0v) is 15.8. The van der Waals surface area contributed by atoms with E-state index in [0.717, 1.165) is 5.56 Å². The Morgan fingerprint density at radius 1 is 1.00 bits per heavy atom. The number of benzene rings is 2. The number of hydrogen-bond donors (Lipinski definition) is 1. The van der Waals surface area contributed by atoms with Gasteiger partial charge in [-0.1, -0.05) is 59.6 Å². The molecule has 2 aromatic rings. The van der Waals surface area contributed by atoms with Gasteiger partial charge in [0.1, 0.15) is 0 Å². The standard InChI is InChI=1S/C19H22Cl2N2O/c1-19(2,23(3)4)17(13-9-6-5-7-10-13)22-18(24)16-14(20)11-8-12-15(16)21/h5-12,17H,1-4H3,(H,22,24). The second-order valence-electron chi connectivity index (χ2n) is 6.46. The lowest BCUT2D eigenvalue weighted by atomic mass is 9.87. The third-order valence-electron chi connectivity index (χ3n) is 4.46. The molecule has 0 heterocycles. The molecule has 0 saturated carbocycles. The lowest BCUT2D eigenvalue weighted by Gasteiger charge is -2.41. The van der Waals surface area contributed by atoms with Crippen molar-refractivity contribution < 1.29 is 4.79 Å². The minimum absolute atomic E-state index is 0.228. The molecule has 1 amide bonds. The molecule has 0 aromatic heterocycles. The van der Waals surface area contributed by atoms with E-state index in [9.17, 15) is 4.79 Å². The lowest BCUT2D eigenvalue weighted by Crippen LogP contribution is -2.50. The number of hydrogen-bond acceptors (Lipinski definition) is 2. The topological polar surface area (TPSA) is 32.3 Å². The first-order valence-corrected chi connectivity index (χ1v) is 8.48. The van der Waals surface area contributed by atoms with Crippen LogP contribution in [0.2, 0.25) is 10.0 Å². The lowest BCUT2D eigenvalue weighted by molar-refractivity contribution is 0.0840. The molecule has 0 aliphatic rings. The zero-order chi connectivity index (χ0) is 17.9. The van der Waals surface area contributed by atoms with E-state index in [-0.39, 0.29) is 17.5 Å². The van der Waals surface area contributed by atoms with Gasteiger partial charge in [-0.15, -0.1) is 0 Å². The van der Waals surface area contributed by atoms with Gasteiger partial charge < -0.3 is 10.2 Å². The molecule has 0 fully saturated rings. The number of halogens is 2. The number of carbonyl (C=O) groups excluding carboxylic acids is 1. The molecule has 24 heavy (non-hydrogen) atoms. The Hall–Kier alpha value is -1.55. The van der Waals surface area contributed by atoms with Crippen LogP contribution in [0, 0.1) is 0 Å². The summed E-state index contributed by atoms with van der Waals surface area (Å²) in [5.41, 5.74) is 1.01. The van der Waals surface area contributed by atoms with Crippen LogP contribution in [0.1, 0.15) is 35.8 Å². The van der Waals surface area contributed by atoms with Gasteiger partial charge in [0, 0.05) is 5.54 Å². The molecule has 2 rings (SSSR count). The van der Waals surface area contributed by atoms with Crippen molar-refractivity contribution in [3.05, 3.63) is 69.7 Å². The van der Waals surface area contributed by atoms with E-state index in [4.69, 9.17) is 23.2 Å². The van der Waals surface area contributed by atoms with E-state index in [1.54, 1.807) is 18.2 Å². The van der Waals surface area contributed by atoms with Crippen LogP contribution in [0.4, 0.5) is 0 Å². The van der Waals surface area contributed by atoms with Crippen molar-refractivity contribution in [3.8, 4) is 0 Å². The van der Waals surface area contributed by atoms with Gasteiger partial charge in [0.25, 0.3) is 5.91 Å². The second-order valence-corrected chi connectivity index (χ2v) is 7.28. The fourth-order valence-electron chi connectivity index (χ4n) is 2.49. The highest BCUT2D eigenvalue weighted by Crippen LogP contribution is 2.31. The highest BCUT2D eigenvalue weighted by molar-refractivity contribution is 6.39. The summed E-state index contributed by atoms with van der Waals surface area (Å²) in [4.78, 5) is 14.9. The predicted octanol–water partition coefficient (Wildman–Crippen LogP) is 4.80. The van der Waals surface area contributed by atoms with Crippen LogP contribution < -0.4 is 5.32 Å².